The van der Waals surface area contributed by atoms with Gasteiger partial charge in [0.2, 0.25) is 0 Å². The molecule has 3 N–H and O–H groups in total. The zero-order chi connectivity index (χ0) is 19.1. The fourth-order valence-electron chi connectivity index (χ4n) is 3.75. The first kappa shape index (κ1) is 17.3. The predicted molar refractivity (Wildman–Crippen MR) is 103 cm³/mol. The summed E-state index contributed by atoms with van der Waals surface area (Å²) in [5, 5.41) is 2.19. The van der Waals surface area contributed by atoms with Crippen molar-refractivity contribution in [1.82, 2.24) is 14.8 Å². The fourth-order valence-corrected chi connectivity index (χ4v) is 3.75. The molecule has 140 valence electrons. The maximum absolute atomic E-state index is 12.8. The minimum atomic E-state index is -0.588. The largest absolute Gasteiger partial charge is 0.384 e. The molecule has 8 heteroatoms. The molecule has 8 nitrogen and oxygen atoms in total. The summed E-state index contributed by atoms with van der Waals surface area (Å²) in [6.45, 7) is 6.70. The molecule has 0 spiro atoms. The minimum absolute atomic E-state index is 0.0134. The lowest BCUT2D eigenvalue weighted by Crippen LogP contribution is -2.46. The standard InChI is InChI=1S/C19H21N5O3/c1-2-22-7-9-23(10-8-22)13-5-3-4-6-14(13)24-15(25)11-12-16(17(24)20)19(27)21-18(12)26/h3-6,11H,2,7-10,20H2,1H3,(H,21,26,27). The number of amides is 2. The lowest BCUT2D eigenvalue weighted by atomic mass is 10.1. The maximum atomic E-state index is 12.8. The first-order valence-corrected chi connectivity index (χ1v) is 8.99. The van der Waals surface area contributed by atoms with Crippen molar-refractivity contribution in [2.24, 2.45) is 0 Å². The van der Waals surface area contributed by atoms with Gasteiger partial charge in [0, 0.05) is 32.2 Å². The van der Waals surface area contributed by atoms with E-state index in [2.05, 4.69) is 22.0 Å². The van der Waals surface area contributed by atoms with Crippen molar-refractivity contribution in [2.75, 3.05) is 43.4 Å². The van der Waals surface area contributed by atoms with Crippen molar-refractivity contribution in [3.63, 3.8) is 0 Å². The molecule has 1 aromatic carbocycles. The molecule has 0 saturated carbocycles. The number of piperazine rings is 1. The van der Waals surface area contributed by atoms with Crippen molar-refractivity contribution in [1.29, 1.82) is 0 Å². The number of nitrogens with zero attached hydrogens (tertiary/aromatic N) is 3. The molecule has 1 saturated heterocycles. The number of carbonyl (C=O) groups is 2. The number of pyridine rings is 1. The number of likely N-dealkylation sites (N-methyl/N-ethyl adjacent to an activating group) is 1. The van der Waals surface area contributed by atoms with Crippen LogP contribution in [0.15, 0.2) is 35.1 Å². The number of hydrogen-bond acceptors (Lipinski definition) is 6. The number of imide groups is 1. The molecule has 0 atom stereocenters. The number of fused-ring (bicyclic) bond motifs is 1. The van der Waals surface area contributed by atoms with E-state index in [9.17, 15) is 14.4 Å². The third kappa shape index (κ3) is 2.78. The summed E-state index contributed by atoms with van der Waals surface area (Å²) in [4.78, 5) is 41.3. The second-order valence-corrected chi connectivity index (χ2v) is 6.69. The van der Waals surface area contributed by atoms with E-state index < -0.39 is 17.4 Å². The maximum Gasteiger partial charge on any atom is 0.262 e. The lowest BCUT2D eigenvalue weighted by molar-refractivity contribution is 0.0880. The average Bonchev–Trinajstić information content (AvgIpc) is 2.96. The summed E-state index contributed by atoms with van der Waals surface area (Å²) in [5.41, 5.74) is 7.34. The van der Waals surface area contributed by atoms with Gasteiger partial charge in [0.05, 0.1) is 22.5 Å². The molecule has 0 unspecified atom stereocenters. The van der Waals surface area contributed by atoms with E-state index in [4.69, 9.17) is 5.73 Å². The number of carbonyl (C=O) groups excluding carboxylic acids is 2. The third-order valence-electron chi connectivity index (χ3n) is 5.24. The van der Waals surface area contributed by atoms with Crippen molar-refractivity contribution in [2.45, 2.75) is 6.92 Å². The topological polar surface area (TPSA) is 101 Å². The molecule has 2 aliphatic heterocycles. The molecule has 1 fully saturated rings. The molecule has 2 aromatic rings. The van der Waals surface area contributed by atoms with Gasteiger partial charge in [-0.3, -0.25) is 24.3 Å². The number of anilines is 2. The van der Waals surface area contributed by atoms with Gasteiger partial charge in [-0.1, -0.05) is 19.1 Å². The molecule has 2 aliphatic rings. The summed E-state index contributed by atoms with van der Waals surface area (Å²) in [6, 6.07) is 8.67. The molecule has 3 heterocycles. The van der Waals surface area contributed by atoms with Crippen LogP contribution in [0.1, 0.15) is 27.6 Å². The number of nitrogens with one attached hydrogen (secondary N) is 1. The second-order valence-electron chi connectivity index (χ2n) is 6.69. The predicted octanol–water partition coefficient (Wildman–Crippen LogP) is 0.445. The van der Waals surface area contributed by atoms with Crippen LogP contribution in [0.5, 0.6) is 0 Å². The number of para-hydroxylation sites is 2. The van der Waals surface area contributed by atoms with Crippen LogP contribution in [0.25, 0.3) is 5.69 Å². The highest BCUT2D eigenvalue weighted by Crippen LogP contribution is 2.29. The monoisotopic (exact) mass is 367 g/mol. The highest BCUT2D eigenvalue weighted by Gasteiger charge is 2.32. The highest BCUT2D eigenvalue weighted by molar-refractivity contribution is 6.23. The normalized spacial score (nSPS) is 17.1. The molecule has 27 heavy (non-hydrogen) atoms. The van der Waals surface area contributed by atoms with E-state index in [1.165, 1.54) is 10.6 Å². The van der Waals surface area contributed by atoms with Crippen LogP contribution in [0.4, 0.5) is 11.5 Å². The van der Waals surface area contributed by atoms with Gasteiger partial charge in [0.25, 0.3) is 17.4 Å². The molecule has 1 aromatic heterocycles. The van der Waals surface area contributed by atoms with E-state index >= 15 is 0 Å². The van der Waals surface area contributed by atoms with Gasteiger partial charge in [-0.05, 0) is 18.7 Å². The quantitative estimate of drug-likeness (QED) is 0.764. The molecule has 0 aliphatic carbocycles. The summed E-state index contributed by atoms with van der Waals surface area (Å²) >= 11 is 0. The van der Waals surface area contributed by atoms with Crippen LogP contribution in [-0.4, -0.2) is 54.0 Å². The second kappa shape index (κ2) is 6.55. The van der Waals surface area contributed by atoms with Crippen LogP contribution in [0, 0.1) is 0 Å². The van der Waals surface area contributed by atoms with Gasteiger partial charge in [-0.2, -0.15) is 0 Å². The summed E-state index contributed by atoms with van der Waals surface area (Å²) in [7, 11) is 0. The van der Waals surface area contributed by atoms with Crippen molar-refractivity contribution in [3.8, 4) is 5.69 Å². The molecule has 2 amide bonds. The number of benzene rings is 1. The Labute approximate surface area is 156 Å². The highest BCUT2D eigenvalue weighted by atomic mass is 16.2. The Morgan fingerprint density at radius 2 is 1.67 bits per heavy atom. The van der Waals surface area contributed by atoms with Crippen LogP contribution < -0.4 is 21.5 Å². The first-order chi connectivity index (χ1) is 13.0. The number of aromatic nitrogens is 1. The van der Waals surface area contributed by atoms with Gasteiger partial charge < -0.3 is 15.5 Å². The van der Waals surface area contributed by atoms with Crippen molar-refractivity contribution >= 4 is 23.3 Å². The Balaban J connectivity index is 1.82. The van der Waals surface area contributed by atoms with E-state index in [0.717, 1.165) is 38.4 Å². The van der Waals surface area contributed by atoms with Crippen LogP contribution >= 0.6 is 0 Å². The molecule has 0 bridgehead atoms. The van der Waals surface area contributed by atoms with E-state index in [-0.39, 0.29) is 16.9 Å². The smallest absolute Gasteiger partial charge is 0.262 e. The molecular formula is C19H21N5O3. The Morgan fingerprint density at radius 1 is 1.00 bits per heavy atom. The lowest BCUT2D eigenvalue weighted by Gasteiger charge is -2.36. The number of hydrogen-bond donors (Lipinski definition) is 2. The first-order valence-electron chi connectivity index (χ1n) is 8.99. The molecule has 0 radical (unpaired) electrons. The van der Waals surface area contributed by atoms with Gasteiger partial charge in [0.15, 0.2) is 0 Å². The molecule has 4 rings (SSSR count). The van der Waals surface area contributed by atoms with Crippen LogP contribution in [0.2, 0.25) is 0 Å². The average molecular weight is 367 g/mol. The summed E-state index contributed by atoms with van der Waals surface area (Å²) in [6.07, 6.45) is 0. The molecular weight excluding hydrogens is 346 g/mol. The van der Waals surface area contributed by atoms with E-state index in [1.807, 2.05) is 18.2 Å². The SMILES string of the molecule is CCN1CCN(c2ccccc2-n2c(N)c3c(cc2=O)C(=O)NC3=O)CC1. The van der Waals surface area contributed by atoms with Crippen LogP contribution in [-0.2, 0) is 0 Å². The Morgan fingerprint density at radius 3 is 2.33 bits per heavy atom. The van der Waals surface area contributed by atoms with Gasteiger partial charge in [0.1, 0.15) is 5.82 Å². The van der Waals surface area contributed by atoms with Gasteiger partial charge >= 0.3 is 0 Å². The van der Waals surface area contributed by atoms with Crippen molar-refractivity contribution < 1.29 is 9.59 Å². The number of rotatable bonds is 3. The van der Waals surface area contributed by atoms with E-state index in [0.29, 0.717) is 5.69 Å². The van der Waals surface area contributed by atoms with E-state index in [1.54, 1.807) is 6.07 Å². The zero-order valence-electron chi connectivity index (χ0n) is 15.1. The Hall–Kier alpha value is -3.13. The van der Waals surface area contributed by atoms with Crippen molar-refractivity contribution in [3.05, 3.63) is 51.8 Å². The summed E-state index contributed by atoms with van der Waals surface area (Å²) in [5.74, 6) is -1.18. The fraction of sp³-hybridized carbons (Fsp3) is 0.316. The number of nitrogens with two attached hydrogens (primary N) is 1. The zero-order valence-corrected chi connectivity index (χ0v) is 15.1. The Bertz CT molecular complexity index is 989. The minimum Gasteiger partial charge on any atom is -0.384 e. The van der Waals surface area contributed by atoms with Gasteiger partial charge in [-0.15, -0.1) is 0 Å². The third-order valence-corrected chi connectivity index (χ3v) is 5.24. The number of nitrogen functional groups attached to an aromatic ring is 1. The Kier molecular flexibility index (Phi) is 4.19. The summed E-state index contributed by atoms with van der Waals surface area (Å²) < 4.78 is 1.32. The van der Waals surface area contributed by atoms with Crippen LogP contribution in [0.3, 0.4) is 0 Å². The van der Waals surface area contributed by atoms with Gasteiger partial charge in [-0.25, -0.2) is 0 Å².